The maximum Gasteiger partial charge on any atom is 0.321 e. The summed E-state index contributed by atoms with van der Waals surface area (Å²) in [7, 11) is 0. The van der Waals surface area contributed by atoms with Crippen LogP contribution in [0.5, 0.6) is 0 Å². The van der Waals surface area contributed by atoms with Gasteiger partial charge in [0, 0.05) is 12.2 Å². The summed E-state index contributed by atoms with van der Waals surface area (Å²) in [6.07, 6.45) is -0.0291. The monoisotopic (exact) mass is 362 g/mol. The molecule has 0 bridgehead atoms. The van der Waals surface area contributed by atoms with Crippen molar-refractivity contribution >= 4 is 58.4 Å². The molecule has 1 aromatic rings. The summed E-state index contributed by atoms with van der Waals surface area (Å²) in [4.78, 5) is 36.1. The topological polar surface area (TPSA) is 101 Å². The maximum absolute atomic E-state index is 12.4. The second-order valence-corrected chi connectivity index (χ2v) is 6.63. The normalized spacial score (nSPS) is 19.6. The van der Waals surface area contributed by atoms with Gasteiger partial charge in [0.25, 0.3) is 0 Å². The molecule has 0 unspecified atom stereocenters. The summed E-state index contributed by atoms with van der Waals surface area (Å²) in [5.74, 6) is -1.97. The summed E-state index contributed by atoms with van der Waals surface area (Å²) in [5.41, 5.74) is 5.63. The van der Waals surface area contributed by atoms with Crippen molar-refractivity contribution in [2.45, 2.75) is 17.7 Å². The fourth-order valence-corrected chi connectivity index (χ4v) is 3.41. The van der Waals surface area contributed by atoms with Crippen molar-refractivity contribution in [2.75, 3.05) is 10.7 Å². The van der Waals surface area contributed by atoms with Crippen LogP contribution in [-0.2, 0) is 14.4 Å². The van der Waals surface area contributed by atoms with Crippen LogP contribution in [0.1, 0.15) is 6.42 Å². The average Bonchev–Trinajstić information content (AvgIpc) is 2.74. The minimum atomic E-state index is -1.15. The van der Waals surface area contributed by atoms with Gasteiger partial charge in [-0.15, -0.1) is 11.8 Å². The molecule has 6 nitrogen and oxygen atoms in total. The number of thioether (sulfide) groups is 1. The predicted molar refractivity (Wildman–Crippen MR) is 85.4 cm³/mol. The Hall–Kier alpha value is -1.28. The summed E-state index contributed by atoms with van der Waals surface area (Å²) in [6, 6.07) is 3.58. The Morgan fingerprint density at radius 1 is 1.45 bits per heavy atom. The number of hydrogen-bond donors (Lipinski definition) is 2. The molecule has 2 amide bonds. The molecule has 1 heterocycles. The number of anilines is 1. The minimum Gasteiger partial charge on any atom is -0.480 e. The molecule has 0 spiro atoms. The van der Waals surface area contributed by atoms with Gasteiger partial charge in [0.05, 0.1) is 21.0 Å². The van der Waals surface area contributed by atoms with Crippen molar-refractivity contribution in [2.24, 2.45) is 5.73 Å². The zero-order chi connectivity index (χ0) is 16.4. The zero-order valence-electron chi connectivity index (χ0n) is 11.2. The molecular formula is C13H12Cl2N2O4S. The van der Waals surface area contributed by atoms with E-state index >= 15 is 0 Å². The molecule has 1 aliphatic heterocycles. The summed E-state index contributed by atoms with van der Waals surface area (Å²) in [5, 5.41) is 8.43. The molecule has 0 aliphatic carbocycles. The quantitative estimate of drug-likeness (QED) is 0.774. The van der Waals surface area contributed by atoms with Crippen molar-refractivity contribution in [3.63, 3.8) is 0 Å². The highest BCUT2D eigenvalue weighted by Crippen LogP contribution is 2.37. The second-order valence-electron chi connectivity index (χ2n) is 4.61. The van der Waals surface area contributed by atoms with Crippen LogP contribution in [0.4, 0.5) is 5.69 Å². The molecule has 0 saturated carbocycles. The van der Waals surface area contributed by atoms with Gasteiger partial charge < -0.3 is 10.8 Å². The van der Waals surface area contributed by atoms with Gasteiger partial charge in [-0.2, -0.15) is 0 Å². The number of halogens is 2. The Bertz CT molecular complexity index is 640. The average molecular weight is 363 g/mol. The van der Waals surface area contributed by atoms with Crippen molar-refractivity contribution in [1.82, 2.24) is 0 Å². The maximum atomic E-state index is 12.4. The molecule has 3 N–H and O–H groups in total. The highest BCUT2D eigenvalue weighted by molar-refractivity contribution is 8.00. The van der Waals surface area contributed by atoms with E-state index in [4.69, 9.17) is 34.0 Å². The Morgan fingerprint density at radius 3 is 2.77 bits per heavy atom. The number of imide groups is 1. The Balaban J connectivity index is 2.15. The lowest BCUT2D eigenvalue weighted by Crippen LogP contribution is -2.35. The number of benzene rings is 1. The smallest absolute Gasteiger partial charge is 0.321 e. The van der Waals surface area contributed by atoms with Crippen LogP contribution in [0, 0.1) is 0 Å². The molecule has 22 heavy (non-hydrogen) atoms. The molecule has 1 saturated heterocycles. The Morgan fingerprint density at radius 2 is 2.14 bits per heavy atom. The lowest BCUT2D eigenvalue weighted by atomic mass is 10.3. The van der Waals surface area contributed by atoms with Crippen LogP contribution in [0.3, 0.4) is 0 Å². The summed E-state index contributed by atoms with van der Waals surface area (Å²) < 4.78 is 0. The van der Waals surface area contributed by atoms with E-state index in [1.807, 2.05) is 0 Å². The highest BCUT2D eigenvalue weighted by Gasteiger charge is 2.41. The van der Waals surface area contributed by atoms with E-state index < -0.39 is 29.1 Å². The van der Waals surface area contributed by atoms with E-state index in [0.29, 0.717) is 0 Å². The van der Waals surface area contributed by atoms with Crippen LogP contribution < -0.4 is 10.6 Å². The summed E-state index contributed by atoms with van der Waals surface area (Å²) in [6.45, 7) is 0. The van der Waals surface area contributed by atoms with Gasteiger partial charge in [-0.1, -0.05) is 29.3 Å². The van der Waals surface area contributed by atoms with Gasteiger partial charge in [0.15, 0.2) is 0 Å². The van der Waals surface area contributed by atoms with Crippen LogP contribution in [-0.4, -0.2) is 39.9 Å². The molecule has 1 fully saturated rings. The molecule has 1 aromatic carbocycles. The standard InChI is InChI=1S/C13H12Cl2N2O4S/c14-6-2-1-3-8(11(6)15)17-10(18)4-9(12(17)19)22-5-7(16)13(20)21/h1-3,7,9H,4-5,16H2,(H,20,21)/t7-,9-/m0/s1. The first-order valence-corrected chi connectivity index (χ1v) is 8.04. The number of nitrogens with two attached hydrogens (primary N) is 1. The number of carboxylic acid groups (broad SMARTS) is 1. The molecular weight excluding hydrogens is 351 g/mol. The molecule has 0 radical (unpaired) electrons. The van der Waals surface area contributed by atoms with Crippen molar-refractivity contribution in [1.29, 1.82) is 0 Å². The predicted octanol–water partition coefficient (Wildman–Crippen LogP) is 1.77. The highest BCUT2D eigenvalue weighted by atomic mass is 35.5. The van der Waals surface area contributed by atoms with Gasteiger partial charge in [-0.05, 0) is 12.1 Å². The number of rotatable bonds is 5. The van der Waals surface area contributed by atoms with Crippen LogP contribution >= 0.6 is 35.0 Å². The Kier molecular flexibility index (Phi) is 5.33. The van der Waals surface area contributed by atoms with Crippen LogP contribution in [0.25, 0.3) is 0 Å². The van der Waals surface area contributed by atoms with E-state index in [0.717, 1.165) is 16.7 Å². The third-order valence-corrected chi connectivity index (χ3v) is 5.20. The van der Waals surface area contributed by atoms with Gasteiger partial charge in [0.1, 0.15) is 6.04 Å². The molecule has 2 rings (SSSR count). The van der Waals surface area contributed by atoms with Crippen molar-refractivity contribution in [3.05, 3.63) is 28.2 Å². The first-order valence-electron chi connectivity index (χ1n) is 6.23. The van der Waals surface area contributed by atoms with E-state index in [-0.39, 0.29) is 27.9 Å². The Labute approximate surface area is 140 Å². The number of carbonyl (C=O) groups is 3. The molecule has 9 heteroatoms. The number of carboxylic acids is 1. The number of amides is 2. The van der Waals surface area contributed by atoms with E-state index in [2.05, 4.69) is 0 Å². The largest absolute Gasteiger partial charge is 0.480 e. The van der Waals surface area contributed by atoms with Gasteiger partial charge in [0.2, 0.25) is 11.8 Å². The molecule has 2 atom stereocenters. The molecule has 118 valence electrons. The fraction of sp³-hybridized carbons (Fsp3) is 0.308. The van der Waals surface area contributed by atoms with E-state index in [1.54, 1.807) is 12.1 Å². The lowest BCUT2D eigenvalue weighted by molar-refractivity contribution is -0.138. The first kappa shape index (κ1) is 17.1. The lowest BCUT2D eigenvalue weighted by Gasteiger charge is -2.17. The van der Waals surface area contributed by atoms with E-state index in [1.165, 1.54) is 6.07 Å². The van der Waals surface area contributed by atoms with Gasteiger partial charge >= 0.3 is 5.97 Å². The van der Waals surface area contributed by atoms with Crippen LogP contribution in [0.2, 0.25) is 10.0 Å². The molecule has 1 aliphatic rings. The van der Waals surface area contributed by atoms with Gasteiger partial charge in [-0.25, -0.2) is 4.90 Å². The number of nitrogens with zero attached hydrogens (tertiary/aromatic N) is 1. The third kappa shape index (κ3) is 3.38. The number of hydrogen-bond acceptors (Lipinski definition) is 5. The zero-order valence-corrected chi connectivity index (χ0v) is 13.5. The van der Waals surface area contributed by atoms with Gasteiger partial charge in [-0.3, -0.25) is 14.4 Å². The second kappa shape index (κ2) is 6.87. The molecule has 0 aromatic heterocycles. The fourth-order valence-electron chi connectivity index (χ4n) is 1.94. The minimum absolute atomic E-state index is 0.0291. The van der Waals surface area contributed by atoms with Crippen LogP contribution in [0.15, 0.2) is 18.2 Å². The SMILES string of the molecule is N[C@@H](CS[C@H]1CC(=O)N(c2cccc(Cl)c2Cl)C1=O)C(=O)O. The third-order valence-electron chi connectivity index (χ3n) is 3.07. The first-order chi connectivity index (χ1) is 10.3. The summed E-state index contributed by atoms with van der Waals surface area (Å²) >= 11 is 13.0. The van der Waals surface area contributed by atoms with Crippen molar-refractivity contribution in [3.8, 4) is 0 Å². The van der Waals surface area contributed by atoms with E-state index in [9.17, 15) is 14.4 Å². The number of aliphatic carboxylic acids is 1. The van der Waals surface area contributed by atoms with Crippen molar-refractivity contribution < 1.29 is 19.5 Å². The number of carbonyl (C=O) groups excluding carboxylic acids is 2.